The summed E-state index contributed by atoms with van der Waals surface area (Å²) in [5.74, 6) is -1.45. The molecule has 2 aromatic carbocycles. The second-order valence-corrected chi connectivity index (χ2v) is 9.73. The zero-order valence-corrected chi connectivity index (χ0v) is 19.6. The number of carbonyl (C=O) groups excluding carboxylic acids is 2. The van der Waals surface area contributed by atoms with Gasteiger partial charge < -0.3 is 19.5 Å². The third-order valence-corrected chi connectivity index (χ3v) is 7.22. The molecule has 1 amide bonds. The zero-order valence-electron chi connectivity index (χ0n) is 18.8. The zero-order chi connectivity index (χ0) is 24.3. The minimum atomic E-state index is -3.66. The predicted molar refractivity (Wildman–Crippen MR) is 121 cm³/mol. The van der Waals surface area contributed by atoms with Gasteiger partial charge in [0.1, 0.15) is 11.5 Å². The lowest BCUT2D eigenvalue weighted by molar-refractivity contribution is -0.140. The molecule has 0 aliphatic carbocycles. The summed E-state index contributed by atoms with van der Waals surface area (Å²) in [6.45, 7) is 0.338. The van der Waals surface area contributed by atoms with Crippen molar-refractivity contribution in [3.05, 3.63) is 65.2 Å². The molecule has 1 aliphatic heterocycles. The molecule has 0 bridgehead atoms. The lowest BCUT2D eigenvalue weighted by Gasteiger charge is -2.25. The van der Waals surface area contributed by atoms with Gasteiger partial charge in [-0.1, -0.05) is 12.1 Å². The van der Waals surface area contributed by atoms with Crippen molar-refractivity contribution in [2.45, 2.75) is 10.9 Å². The summed E-state index contributed by atoms with van der Waals surface area (Å²) < 4.78 is 36.1. The Morgan fingerprint density at radius 3 is 2.33 bits per heavy atom. The number of likely N-dealkylation sites (tertiary alicyclic amines) is 1. The van der Waals surface area contributed by atoms with Gasteiger partial charge >= 0.3 is 0 Å². The van der Waals surface area contributed by atoms with Crippen molar-refractivity contribution >= 4 is 27.5 Å². The SMILES string of the molecule is COCCN1C(=O)C(=O)/C(=C(/O)c2ccc(S(=O)(=O)N(C)C)cc2)[C@H]1c1cccc(OC)c1. The Hall–Kier alpha value is -3.21. The first kappa shape index (κ1) is 24.4. The largest absolute Gasteiger partial charge is 0.507 e. The first-order chi connectivity index (χ1) is 15.6. The Morgan fingerprint density at radius 1 is 1.09 bits per heavy atom. The number of rotatable bonds is 8. The van der Waals surface area contributed by atoms with Crippen molar-refractivity contribution in [2.24, 2.45) is 0 Å². The Morgan fingerprint density at radius 2 is 1.76 bits per heavy atom. The van der Waals surface area contributed by atoms with Gasteiger partial charge in [-0.05, 0) is 42.0 Å². The molecule has 1 fully saturated rings. The molecule has 33 heavy (non-hydrogen) atoms. The van der Waals surface area contributed by atoms with Crippen LogP contribution >= 0.6 is 0 Å². The molecule has 2 aromatic rings. The van der Waals surface area contributed by atoms with Crippen molar-refractivity contribution in [3.63, 3.8) is 0 Å². The van der Waals surface area contributed by atoms with E-state index < -0.39 is 33.5 Å². The molecule has 1 N–H and O–H groups in total. The van der Waals surface area contributed by atoms with Gasteiger partial charge in [0.2, 0.25) is 10.0 Å². The molecule has 0 radical (unpaired) electrons. The first-order valence-corrected chi connectivity index (χ1v) is 11.5. The first-order valence-electron chi connectivity index (χ1n) is 10.1. The lowest BCUT2D eigenvalue weighted by Crippen LogP contribution is -2.32. The molecule has 10 heteroatoms. The number of carbonyl (C=O) groups is 2. The molecule has 1 aliphatic rings. The summed E-state index contributed by atoms with van der Waals surface area (Å²) in [5.41, 5.74) is 0.705. The number of ketones is 1. The maximum atomic E-state index is 13.0. The van der Waals surface area contributed by atoms with Crippen LogP contribution in [0.25, 0.3) is 5.76 Å². The number of ether oxygens (including phenoxy) is 2. The maximum Gasteiger partial charge on any atom is 0.295 e. The number of aliphatic hydroxyl groups is 1. The second kappa shape index (κ2) is 9.74. The van der Waals surface area contributed by atoms with Gasteiger partial charge in [0.15, 0.2) is 0 Å². The van der Waals surface area contributed by atoms with E-state index in [0.29, 0.717) is 11.3 Å². The highest BCUT2D eigenvalue weighted by Gasteiger charge is 2.46. The van der Waals surface area contributed by atoms with Crippen LogP contribution in [-0.4, -0.2) is 75.9 Å². The van der Waals surface area contributed by atoms with Crippen LogP contribution in [0.15, 0.2) is 59.0 Å². The minimum absolute atomic E-state index is 0.0361. The van der Waals surface area contributed by atoms with Gasteiger partial charge in [0.05, 0.1) is 30.2 Å². The van der Waals surface area contributed by atoms with Crippen LogP contribution in [-0.2, 0) is 24.3 Å². The monoisotopic (exact) mass is 474 g/mol. The number of amides is 1. The standard InChI is InChI=1S/C23H26N2O7S/c1-24(2)33(29,30)18-10-8-15(9-11-18)21(26)19-20(16-6-5-7-17(14-16)32-4)25(12-13-31-3)23(28)22(19)27/h5-11,14,20,26H,12-13H2,1-4H3/b21-19+/t20-/m1/s1. The molecule has 3 rings (SSSR count). The highest BCUT2D eigenvalue weighted by atomic mass is 32.2. The van der Waals surface area contributed by atoms with Crippen LogP contribution in [0.2, 0.25) is 0 Å². The van der Waals surface area contributed by atoms with Crippen LogP contribution in [0.1, 0.15) is 17.2 Å². The smallest absolute Gasteiger partial charge is 0.295 e. The molecular weight excluding hydrogens is 448 g/mol. The summed E-state index contributed by atoms with van der Waals surface area (Å²) in [4.78, 5) is 27.2. The molecule has 0 unspecified atom stereocenters. The summed E-state index contributed by atoms with van der Waals surface area (Å²) in [6.07, 6.45) is 0. The van der Waals surface area contributed by atoms with E-state index >= 15 is 0 Å². The van der Waals surface area contributed by atoms with Gasteiger partial charge in [-0.3, -0.25) is 9.59 Å². The van der Waals surface area contributed by atoms with E-state index in [1.165, 1.54) is 57.5 Å². The Balaban J connectivity index is 2.14. The Kier molecular flexibility index (Phi) is 7.21. The number of nitrogens with zero attached hydrogens (tertiary/aromatic N) is 2. The third kappa shape index (κ3) is 4.63. The van der Waals surface area contributed by atoms with Gasteiger partial charge in [-0.25, -0.2) is 12.7 Å². The highest BCUT2D eigenvalue weighted by molar-refractivity contribution is 7.89. The van der Waals surface area contributed by atoms with Crippen molar-refractivity contribution < 1.29 is 32.6 Å². The van der Waals surface area contributed by atoms with E-state index in [4.69, 9.17) is 9.47 Å². The number of Topliss-reactive ketones (excluding diaryl/α,β-unsaturated/α-hetero) is 1. The van der Waals surface area contributed by atoms with Gasteiger partial charge in [0.25, 0.3) is 11.7 Å². The fourth-order valence-corrected chi connectivity index (χ4v) is 4.51. The van der Waals surface area contributed by atoms with Crippen molar-refractivity contribution in [1.29, 1.82) is 0 Å². The fourth-order valence-electron chi connectivity index (χ4n) is 3.61. The summed E-state index contributed by atoms with van der Waals surface area (Å²) in [5, 5.41) is 11.1. The number of hydrogen-bond acceptors (Lipinski definition) is 7. The van der Waals surface area contributed by atoms with E-state index in [2.05, 4.69) is 0 Å². The average molecular weight is 475 g/mol. The second-order valence-electron chi connectivity index (χ2n) is 7.57. The van der Waals surface area contributed by atoms with Crippen LogP contribution in [0.4, 0.5) is 0 Å². The molecule has 0 spiro atoms. The Labute approximate surface area is 192 Å². The van der Waals surface area contributed by atoms with Crippen LogP contribution in [0, 0.1) is 0 Å². The van der Waals surface area contributed by atoms with E-state index in [-0.39, 0.29) is 29.2 Å². The van der Waals surface area contributed by atoms with Gasteiger partial charge in [0, 0.05) is 33.3 Å². The fraction of sp³-hybridized carbons (Fsp3) is 0.304. The van der Waals surface area contributed by atoms with Crippen molar-refractivity contribution in [2.75, 3.05) is 41.5 Å². The van der Waals surface area contributed by atoms with Crippen LogP contribution in [0.3, 0.4) is 0 Å². The minimum Gasteiger partial charge on any atom is -0.507 e. The van der Waals surface area contributed by atoms with E-state index in [1.54, 1.807) is 24.3 Å². The van der Waals surface area contributed by atoms with Gasteiger partial charge in [-0.15, -0.1) is 0 Å². The van der Waals surface area contributed by atoms with Crippen molar-refractivity contribution in [1.82, 2.24) is 9.21 Å². The van der Waals surface area contributed by atoms with E-state index in [0.717, 1.165) is 4.31 Å². The lowest BCUT2D eigenvalue weighted by atomic mass is 9.95. The number of sulfonamides is 1. The molecular formula is C23H26N2O7S. The number of benzene rings is 2. The molecule has 9 nitrogen and oxygen atoms in total. The normalized spacial score (nSPS) is 18.2. The third-order valence-electron chi connectivity index (χ3n) is 5.39. The summed E-state index contributed by atoms with van der Waals surface area (Å²) >= 11 is 0. The van der Waals surface area contributed by atoms with Crippen LogP contribution < -0.4 is 4.74 Å². The quantitative estimate of drug-likeness (QED) is 0.354. The highest BCUT2D eigenvalue weighted by Crippen LogP contribution is 2.40. The molecule has 1 atom stereocenters. The summed E-state index contributed by atoms with van der Waals surface area (Å²) in [6, 6.07) is 11.5. The number of hydrogen-bond donors (Lipinski definition) is 1. The molecule has 0 saturated carbocycles. The van der Waals surface area contributed by atoms with E-state index in [9.17, 15) is 23.1 Å². The molecule has 0 aromatic heterocycles. The average Bonchev–Trinajstić information content (AvgIpc) is 3.07. The maximum absolute atomic E-state index is 13.0. The number of methoxy groups -OCH3 is 2. The van der Waals surface area contributed by atoms with Gasteiger partial charge in [-0.2, -0.15) is 0 Å². The summed E-state index contributed by atoms with van der Waals surface area (Å²) in [7, 11) is 2.16. The Bertz CT molecular complexity index is 1190. The number of aliphatic hydroxyl groups excluding tert-OH is 1. The molecule has 1 heterocycles. The molecule has 1 saturated heterocycles. The van der Waals surface area contributed by atoms with Crippen LogP contribution in [0.5, 0.6) is 5.75 Å². The molecule has 176 valence electrons. The topological polar surface area (TPSA) is 113 Å². The van der Waals surface area contributed by atoms with E-state index in [1.807, 2.05) is 0 Å². The van der Waals surface area contributed by atoms with Crippen molar-refractivity contribution in [3.8, 4) is 5.75 Å². The predicted octanol–water partition coefficient (Wildman–Crippen LogP) is 2.01.